The number of fused-ring (bicyclic) bond motifs is 1. The van der Waals surface area contributed by atoms with Crippen LogP contribution in [-0.2, 0) is 6.42 Å². The molecule has 0 saturated carbocycles. The molecule has 0 saturated heterocycles. The molecule has 4 rings (SSSR count). The zero-order valence-corrected chi connectivity index (χ0v) is 16.8. The van der Waals surface area contributed by atoms with Gasteiger partial charge in [-0.3, -0.25) is 4.79 Å². The maximum absolute atomic E-state index is 12.8. The molecule has 3 heterocycles. The van der Waals surface area contributed by atoms with E-state index in [1.165, 1.54) is 5.56 Å². The molecule has 0 atom stereocenters. The normalized spacial score (nSPS) is 11.3. The van der Waals surface area contributed by atoms with Gasteiger partial charge in [-0.2, -0.15) is 0 Å². The highest BCUT2D eigenvalue weighted by atomic mass is 16.2. The van der Waals surface area contributed by atoms with E-state index in [0.717, 1.165) is 22.7 Å². The van der Waals surface area contributed by atoms with Crippen LogP contribution in [0.25, 0.3) is 11.3 Å². The van der Waals surface area contributed by atoms with Crippen molar-refractivity contribution in [1.29, 1.82) is 0 Å². The molecule has 7 nitrogen and oxygen atoms in total. The zero-order chi connectivity index (χ0) is 20.4. The predicted octanol–water partition coefficient (Wildman–Crippen LogP) is 3.32. The number of nitrogens with one attached hydrogen (secondary N) is 1. The summed E-state index contributed by atoms with van der Waals surface area (Å²) in [6.45, 7) is 6.60. The minimum atomic E-state index is -0.212. The summed E-state index contributed by atoms with van der Waals surface area (Å²) in [5, 5.41) is 11.4. The summed E-state index contributed by atoms with van der Waals surface area (Å²) in [6.07, 6.45) is 4.59. The van der Waals surface area contributed by atoms with Crippen molar-refractivity contribution in [3.8, 4) is 5.69 Å². The number of nitrogens with zero attached hydrogens (tertiary/aromatic N) is 5. The first-order valence-corrected chi connectivity index (χ1v) is 9.76. The van der Waals surface area contributed by atoms with Crippen molar-refractivity contribution in [2.24, 2.45) is 0 Å². The Bertz CT molecular complexity index is 1110. The molecule has 0 fully saturated rings. The van der Waals surface area contributed by atoms with Gasteiger partial charge in [0, 0.05) is 25.4 Å². The first-order chi connectivity index (χ1) is 14.0. The molecule has 0 aliphatic rings. The average molecular weight is 388 g/mol. The Kier molecular flexibility index (Phi) is 5.12. The summed E-state index contributed by atoms with van der Waals surface area (Å²) in [5.41, 5.74) is 5.08. The first kappa shape index (κ1) is 18.9. The lowest BCUT2D eigenvalue weighted by atomic mass is 10.1. The molecular weight excluding hydrogens is 364 g/mol. The van der Waals surface area contributed by atoms with Crippen molar-refractivity contribution in [2.75, 3.05) is 6.54 Å². The molecule has 148 valence electrons. The van der Waals surface area contributed by atoms with Gasteiger partial charge in [-0.05, 0) is 37.1 Å². The smallest absolute Gasteiger partial charge is 0.273 e. The number of aryl methyl sites for hydroxylation is 1. The third-order valence-electron chi connectivity index (χ3n) is 4.83. The van der Waals surface area contributed by atoms with Crippen molar-refractivity contribution in [2.45, 2.75) is 33.1 Å². The van der Waals surface area contributed by atoms with Gasteiger partial charge < -0.3 is 9.72 Å². The van der Waals surface area contributed by atoms with Gasteiger partial charge in [-0.15, -0.1) is 5.10 Å². The summed E-state index contributed by atoms with van der Waals surface area (Å²) >= 11 is 0. The third-order valence-corrected chi connectivity index (χ3v) is 4.83. The lowest BCUT2D eigenvalue weighted by molar-refractivity contribution is 0.0947. The molecule has 0 radical (unpaired) electrons. The Morgan fingerprint density at radius 2 is 1.93 bits per heavy atom. The van der Waals surface area contributed by atoms with Gasteiger partial charge in [0.15, 0.2) is 5.69 Å². The fourth-order valence-corrected chi connectivity index (χ4v) is 3.34. The predicted molar refractivity (Wildman–Crippen MR) is 111 cm³/mol. The number of rotatable bonds is 6. The summed E-state index contributed by atoms with van der Waals surface area (Å²) in [6, 6.07) is 13.9. The van der Waals surface area contributed by atoms with Crippen molar-refractivity contribution in [1.82, 2.24) is 29.7 Å². The van der Waals surface area contributed by atoms with Gasteiger partial charge >= 0.3 is 0 Å². The lowest BCUT2D eigenvalue weighted by Crippen LogP contribution is -2.27. The number of aromatic nitrogens is 5. The highest BCUT2D eigenvalue weighted by molar-refractivity contribution is 5.93. The van der Waals surface area contributed by atoms with E-state index < -0.39 is 0 Å². The van der Waals surface area contributed by atoms with Crippen LogP contribution in [0.3, 0.4) is 0 Å². The largest absolute Gasteiger partial charge is 0.350 e. The first-order valence-electron chi connectivity index (χ1n) is 9.76. The second kappa shape index (κ2) is 7.87. The van der Waals surface area contributed by atoms with E-state index in [9.17, 15) is 4.79 Å². The van der Waals surface area contributed by atoms with Crippen LogP contribution < -0.4 is 5.32 Å². The van der Waals surface area contributed by atoms with Crippen LogP contribution in [0.15, 0.2) is 54.9 Å². The van der Waals surface area contributed by atoms with E-state index in [1.54, 1.807) is 4.68 Å². The Morgan fingerprint density at radius 3 is 2.66 bits per heavy atom. The SMILES string of the molecule is Cc1ccc(-n2nnc(C(=O)NCCc3cn4ccccc4n3)c2C(C)C)cc1. The Labute approximate surface area is 169 Å². The number of amides is 1. The van der Waals surface area contributed by atoms with Gasteiger partial charge in [0.05, 0.1) is 17.1 Å². The number of hydrogen-bond donors (Lipinski definition) is 1. The molecule has 0 unspecified atom stereocenters. The van der Waals surface area contributed by atoms with Crippen LogP contribution in [0.4, 0.5) is 0 Å². The van der Waals surface area contributed by atoms with E-state index in [0.29, 0.717) is 18.7 Å². The van der Waals surface area contributed by atoms with E-state index in [4.69, 9.17) is 0 Å². The van der Waals surface area contributed by atoms with Crippen molar-refractivity contribution in [3.63, 3.8) is 0 Å². The van der Waals surface area contributed by atoms with Gasteiger partial charge in [-0.1, -0.05) is 42.8 Å². The Hall–Kier alpha value is -3.48. The maximum atomic E-state index is 12.8. The topological polar surface area (TPSA) is 77.1 Å². The molecule has 1 aromatic carbocycles. The van der Waals surface area contributed by atoms with Crippen molar-refractivity contribution < 1.29 is 4.79 Å². The number of pyridine rings is 1. The van der Waals surface area contributed by atoms with Crippen LogP contribution in [0.5, 0.6) is 0 Å². The molecule has 3 aromatic heterocycles. The maximum Gasteiger partial charge on any atom is 0.273 e. The molecule has 0 aliphatic carbocycles. The lowest BCUT2D eigenvalue weighted by Gasteiger charge is -2.11. The fourth-order valence-electron chi connectivity index (χ4n) is 3.34. The van der Waals surface area contributed by atoms with Gasteiger partial charge in [-0.25, -0.2) is 9.67 Å². The van der Waals surface area contributed by atoms with Crippen molar-refractivity contribution in [3.05, 3.63) is 77.5 Å². The highest BCUT2D eigenvalue weighted by Gasteiger charge is 2.22. The van der Waals surface area contributed by atoms with Crippen LogP contribution in [0.2, 0.25) is 0 Å². The number of carbonyl (C=O) groups excluding carboxylic acids is 1. The summed E-state index contributed by atoms with van der Waals surface area (Å²) in [5.74, 6) is -0.110. The van der Waals surface area contributed by atoms with E-state index >= 15 is 0 Å². The standard InChI is InChI=1S/C22H24N6O/c1-15(2)21-20(25-26-28(21)18-9-7-16(3)8-10-18)22(29)23-12-11-17-14-27-13-5-4-6-19(27)24-17/h4-10,13-15H,11-12H2,1-3H3,(H,23,29). The van der Waals surface area contributed by atoms with Crippen LogP contribution in [0.1, 0.15) is 47.2 Å². The molecule has 0 spiro atoms. The summed E-state index contributed by atoms with van der Waals surface area (Å²) in [4.78, 5) is 17.3. The quantitative estimate of drug-likeness (QED) is 0.550. The minimum absolute atomic E-state index is 0.102. The Balaban J connectivity index is 1.48. The zero-order valence-electron chi connectivity index (χ0n) is 16.8. The van der Waals surface area contributed by atoms with E-state index in [-0.39, 0.29) is 11.8 Å². The van der Waals surface area contributed by atoms with Gasteiger partial charge in [0.1, 0.15) is 5.65 Å². The molecule has 0 aliphatic heterocycles. The van der Waals surface area contributed by atoms with Gasteiger partial charge in [0.25, 0.3) is 5.91 Å². The number of imidazole rings is 1. The monoisotopic (exact) mass is 388 g/mol. The Morgan fingerprint density at radius 1 is 1.14 bits per heavy atom. The number of hydrogen-bond acceptors (Lipinski definition) is 4. The molecular formula is C22H24N6O. The minimum Gasteiger partial charge on any atom is -0.350 e. The number of benzene rings is 1. The molecule has 7 heteroatoms. The second-order valence-corrected chi connectivity index (χ2v) is 7.43. The molecule has 1 amide bonds. The molecule has 4 aromatic rings. The second-order valence-electron chi connectivity index (χ2n) is 7.43. The van der Waals surface area contributed by atoms with Crippen LogP contribution in [-0.4, -0.2) is 36.8 Å². The van der Waals surface area contributed by atoms with Crippen LogP contribution in [0, 0.1) is 6.92 Å². The van der Waals surface area contributed by atoms with Crippen molar-refractivity contribution >= 4 is 11.6 Å². The van der Waals surface area contributed by atoms with E-state index in [2.05, 4.69) is 20.6 Å². The fraction of sp³-hybridized carbons (Fsp3) is 0.273. The number of carbonyl (C=O) groups is 1. The average Bonchev–Trinajstić information content (AvgIpc) is 3.32. The van der Waals surface area contributed by atoms with Gasteiger partial charge in [0.2, 0.25) is 0 Å². The van der Waals surface area contributed by atoms with Crippen LogP contribution >= 0.6 is 0 Å². The van der Waals surface area contributed by atoms with E-state index in [1.807, 2.05) is 80.0 Å². The molecule has 29 heavy (non-hydrogen) atoms. The third kappa shape index (κ3) is 3.89. The molecule has 0 bridgehead atoms. The summed E-state index contributed by atoms with van der Waals surface area (Å²) in [7, 11) is 0. The summed E-state index contributed by atoms with van der Waals surface area (Å²) < 4.78 is 3.72. The molecule has 1 N–H and O–H groups in total. The highest BCUT2D eigenvalue weighted by Crippen LogP contribution is 2.21.